The molecule has 2 aromatic rings. The molecule has 5 heteroatoms. The van der Waals surface area contributed by atoms with Crippen LogP contribution in [0.25, 0.3) is 11.1 Å². The first kappa shape index (κ1) is 16.7. The molecule has 0 atom stereocenters. The number of hydrogen-bond donors (Lipinski definition) is 0. The molecule has 4 nitrogen and oxygen atoms in total. The van der Waals surface area contributed by atoms with E-state index in [1.54, 1.807) is 14.2 Å². The summed E-state index contributed by atoms with van der Waals surface area (Å²) in [5.41, 5.74) is 4.80. The molecule has 1 aliphatic carbocycles. The van der Waals surface area contributed by atoms with E-state index < -0.39 is 0 Å². The van der Waals surface area contributed by atoms with Crippen molar-refractivity contribution in [1.82, 2.24) is 4.98 Å². The largest absolute Gasteiger partial charge is 0.497 e. The fourth-order valence-electron chi connectivity index (χ4n) is 3.28. The van der Waals surface area contributed by atoms with Crippen LogP contribution in [0.3, 0.4) is 0 Å². The molecule has 0 fully saturated rings. The summed E-state index contributed by atoms with van der Waals surface area (Å²) in [6, 6.07) is 8.09. The van der Waals surface area contributed by atoms with Crippen molar-refractivity contribution in [3.63, 3.8) is 0 Å². The quantitative estimate of drug-likeness (QED) is 0.779. The number of aromatic nitrogens is 1. The normalized spacial score (nSPS) is 13.1. The summed E-state index contributed by atoms with van der Waals surface area (Å²) in [5, 5.41) is 10.6. The molecule has 0 amide bonds. The molecular formula is C19H20N2O2S. The van der Waals surface area contributed by atoms with Crippen LogP contribution in [0.5, 0.6) is 11.5 Å². The molecule has 0 unspecified atom stereocenters. The molecule has 0 spiro atoms. The summed E-state index contributed by atoms with van der Waals surface area (Å²) in [6.07, 6.45) is 6.14. The number of fused-ring (bicyclic) bond motifs is 1. The molecule has 0 radical (unpaired) electrons. The van der Waals surface area contributed by atoms with Crippen LogP contribution in [0.2, 0.25) is 0 Å². The van der Waals surface area contributed by atoms with Gasteiger partial charge in [0.2, 0.25) is 0 Å². The number of nitrogens with zero attached hydrogens (tertiary/aromatic N) is 2. The van der Waals surface area contributed by atoms with Crippen molar-refractivity contribution in [2.75, 3.05) is 20.5 Å². The van der Waals surface area contributed by atoms with Gasteiger partial charge in [0.1, 0.15) is 22.6 Å². The van der Waals surface area contributed by atoms with Gasteiger partial charge in [0, 0.05) is 16.8 Å². The van der Waals surface area contributed by atoms with Gasteiger partial charge in [0.15, 0.2) is 0 Å². The van der Waals surface area contributed by atoms with Crippen molar-refractivity contribution < 1.29 is 9.47 Å². The summed E-state index contributed by atoms with van der Waals surface area (Å²) in [7, 11) is 3.30. The van der Waals surface area contributed by atoms with E-state index in [9.17, 15) is 5.26 Å². The highest BCUT2D eigenvalue weighted by Crippen LogP contribution is 2.42. The van der Waals surface area contributed by atoms with Gasteiger partial charge in [-0.05, 0) is 55.7 Å². The fraction of sp³-hybridized carbons (Fsp3) is 0.368. The second-order valence-electron chi connectivity index (χ2n) is 5.68. The molecule has 0 bridgehead atoms. The van der Waals surface area contributed by atoms with Crippen LogP contribution in [0.1, 0.15) is 29.7 Å². The van der Waals surface area contributed by atoms with Crippen molar-refractivity contribution in [2.45, 2.75) is 30.7 Å². The Labute approximate surface area is 146 Å². The van der Waals surface area contributed by atoms with Crippen molar-refractivity contribution in [2.24, 2.45) is 0 Å². The van der Waals surface area contributed by atoms with Crippen LogP contribution in [-0.4, -0.2) is 25.5 Å². The maximum Gasteiger partial charge on any atom is 0.127 e. The topological polar surface area (TPSA) is 55.1 Å². The Kier molecular flexibility index (Phi) is 4.96. The molecule has 0 saturated carbocycles. The summed E-state index contributed by atoms with van der Waals surface area (Å²) in [5.74, 6) is 1.50. The number of ether oxygens (including phenoxy) is 2. The van der Waals surface area contributed by atoms with Crippen LogP contribution in [0.4, 0.5) is 0 Å². The highest BCUT2D eigenvalue weighted by molar-refractivity contribution is 7.98. The molecule has 24 heavy (non-hydrogen) atoms. The monoisotopic (exact) mass is 340 g/mol. The van der Waals surface area contributed by atoms with Crippen LogP contribution in [0, 0.1) is 11.3 Å². The standard InChI is InChI=1S/C19H20N2O2S/c1-22-12-8-9-17(23-2)14(10-12)18-13-6-4-5-7-16(13)21-19(24-3)15(18)11-20/h8-10H,4-7H2,1-3H3. The SMILES string of the molecule is COc1ccc(OC)c(-c2c(C#N)c(SC)nc3c2CCCC3)c1. The summed E-state index contributed by atoms with van der Waals surface area (Å²) in [4.78, 5) is 4.76. The van der Waals surface area contributed by atoms with Gasteiger partial charge in [-0.2, -0.15) is 5.26 Å². The van der Waals surface area contributed by atoms with Gasteiger partial charge < -0.3 is 9.47 Å². The van der Waals surface area contributed by atoms with E-state index in [1.165, 1.54) is 17.3 Å². The molecular weight excluding hydrogens is 320 g/mol. The van der Waals surface area contributed by atoms with E-state index >= 15 is 0 Å². The molecule has 1 heterocycles. The number of rotatable bonds is 4. The number of methoxy groups -OCH3 is 2. The lowest BCUT2D eigenvalue weighted by molar-refractivity contribution is 0.404. The highest BCUT2D eigenvalue weighted by Gasteiger charge is 2.24. The molecule has 0 N–H and O–H groups in total. The molecule has 1 aliphatic rings. The molecule has 0 aliphatic heterocycles. The lowest BCUT2D eigenvalue weighted by Crippen LogP contribution is -2.10. The Balaban J connectivity index is 2.36. The minimum Gasteiger partial charge on any atom is -0.497 e. The van der Waals surface area contributed by atoms with E-state index in [1.807, 2.05) is 24.5 Å². The van der Waals surface area contributed by atoms with Gasteiger partial charge in [0.05, 0.1) is 19.8 Å². The molecule has 1 aromatic carbocycles. The Morgan fingerprint density at radius 1 is 1.17 bits per heavy atom. The van der Waals surface area contributed by atoms with Gasteiger partial charge in [-0.1, -0.05) is 0 Å². The first-order valence-corrected chi connectivity index (χ1v) is 9.18. The average Bonchev–Trinajstić information content (AvgIpc) is 2.65. The fourth-order valence-corrected chi connectivity index (χ4v) is 3.83. The zero-order valence-corrected chi connectivity index (χ0v) is 15.0. The maximum atomic E-state index is 9.81. The third kappa shape index (κ3) is 2.83. The smallest absolute Gasteiger partial charge is 0.127 e. The zero-order chi connectivity index (χ0) is 17.1. The zero-order valence-electron chi connectivity index (χ0n) is 14.2. The number of hydrogen-bond acceptors (Lipinski definition) is 5. The Hall–Kier alpha value is -2.19. The molecule has 3 rings (SSSR count). The lowest BCUT2D eigenvalue weighted by Gasteiger charge is -2.22. The van der Waals surface area contributed by atoms with Crippen LogP contribution in [0.15, 0.2) is 23.2 Å². The first-order chi connectivity index (χ1) is 11.7. The lowest BCUT2D eigenvalue weighted by atomic mass is 9.86. The molecule has 0 saturated heterocycles. The van der Waals surface area contributed by atoms with Crippen molar-refractivity contribution in [3.05, 3.63) is 35.0 Å². The minimum atomic E-state index is 0.634. The number of nitriles is 1. The number of pyridine rings is 1. The van der Waals surface area contributed by atoms with Gasteiger partial charge in [-0.25, -0.2) is 4.98 Å². The third-order valence-electron chi connectivity index (χ3n) is 4.42. The summed E-state index contributed by atoms with van der Waals surface area (Å²) in [6.45, 7) is 0. The van der Waals surface area contributed by atoms with E-state index in [4.69, 9.17) is 14.5 Å². The van der Waals surface area contributed by atoms with Crippen molar-refractivity contribution in [3.8, 4) is 28.7 Å². The van der Waals surface area contributed by atoms with E-state index in [2.05, 4.69) is 6.07 Å². The van der Waals surface area contributed by atoms with E-state index in [0.29, 0.717) is 5.56 Å². The molecule has 124 valence electrons. The summed E-state index contributed by atoms with van der Waals surface area (Å²) >= 11 is 1.52. The maximum absolute atomic E-state index is 9.81. The van der Waals surface area contributed by atoms with Crippen LogP contribution < -0.4 is 9.47 Å². The highest BCUT2D eigenvalue weighted by atomic mass is 32.2. The Morgan fingerprint density at radius 2 is 1.96 bits per heavy atom. The predicted molar refractivity (Wildman–Crippen MR) is 95.9 cm³/mol. The number of aryl methyl sites for hydroxylation is 1. The van der Waals surface area contributed by atoms with Gasteiger partial charge >= 0.3 is 0 Å². The van der Waals surface area contributed by atoms with Crippen LogP contribution >= 0.6 is 11.8 Å². The first-order valence-electron chi connectivity index (χ1n) is 7.95. The minimum absolute atomic E-state index is 0.634. The van der Waals surface area contributed by atoms with Crippen molar-refractivity contribution in [1.29, 1.82) is 5.26 Å². The van der Waals surface area contributed by atoms with Gasteiger partial charge in [-0.3, -0.25) is 0 Å². The second kappa shape index (κ2) is 7.14. The van der Waals surface area contributed by atoms with Gasteiger partial charge in [0.25, 0.3) is 0 Å². The van der Waals surface area contributed by atoms with Crippen LogP contribution in [-0.2, 0) is 12.8 Å². The Morgan fingerprint density at radius 3 is 2.62 bits per heavy atom. The average molecular weight is 340 g/mol. The van der Waals surface area contributed by atoms with Crippen molar-refractivity contribution >= 4 is 11.8 Å². The van der Waals surface area contributed by atoms with E-state index in [0.717, 1.165) is 59.0 Å². The molecule has 1 aromatic heterocycles. The predicted octanol–water partition coefficient (Wildman–Crippen LogP) is 4.24. The second-order valence-corrected chi connectivity index (χ2v) is 6.48. The number of thioether (sulfide) groups is 1. The van der Waals surface area contributed by atoms with E-state index in [-0.39, 0.29) is 0 Å². The summed E-state index contributed by atoms with van der Waals surface area (Å²) < 4.78 is 11.0. The Bertz CT molecular complexity index is 812. The van der Waals surface area contributed by atoms with Gasteiger partial charge in [-0.15, -0.1) is 11.8 Å². The third-order valence-corrected chi connectivity index (χ3v) is 5.10. The number of benzene rings is 1.